The first-order valence-electron chi connectivity index (χ1n) is 5.52. The van der Waals surface area contributed by atoms with Crippen LogP contribution >= 0.6 is 11.8 Å². The van der Waals surface area contributed by atoms with E-state index in [1.165, 1.54) is 0 Å². The van der Waals surface area contributed by atoms with E-state index in [-0.39, 0.29) is 0 Å². The number of aryl methyl sites for hydroxylation is 4. The molecule has 0 aliphatic heterocycles. The Morgan fingerprint density at radius 1 is 1.29 bits per heavy atom. The first-order chi connectivity index (χ1) is 8.02. The molecule has 0 aliphatic carbocycles. The Bertz CT molecular complexity index is 540. The minimum atomic E-state index is 0.777. The summed E-state index contributed by atoms with van der Waals surface area (Å²) < 4.78 is 3.69. The Morgan fingerprint density at radius 2 is 2.00 bits per heavy atom. The quantitative estimate of drug-likeness (QED) is 0.903. The zero-order chi connectivity index (χ0) is 12.6. The predicted octanol–water partition coefficient (Wildman–Crippen LogP) is 1.76. The second-order valence-electron chi connectivity index (χ2n) is 3.99. The van der Waals surface area contributed by atoms with Gasteiger partial charge in [0, 0.05) is 14.1 Å². The third-order valence-corrected chi connectivity index (χ3v) is 3.87. The summed E-state index contributed by atoms with van der Waals surface area (Å²) in [4.78, 5) is 0. The molecule has 0 aliphatic rings. The van der Waals surface area contributed by atoms with Crippen LogP contribution in [0.25, 0.3) is 0 Å². The van der Waals surface area contributed by atoms with Crippen molar-refractivity contribution in [1.29, 1.82) is 0 Å². The van der Waals surface area contributed by atoms with Gasteiger partial charge in [-0.1, -0.05) is 6.92 Å². The lowest BCUT2D eigenvalue weighted by Crippen LogP contribution is -1.97. The molecule has 0 amide bonds. The van der Waals surface area contributed by atoms with Crippen LogP contribution < -0.4 is 5.73 Å². The molecule has 0 saturated carbocycles. The maximum atomic E-state index is 6.09. The summed E-state index contributed by atoms with van der Waals surface area (Å²) in [5.74, 6) is 0. The number of hydrogen-bond donors (Lipinski definition) is 1. The van der Waals surface area contributed by atoms with Crippen LogP contribution in [0.1, 0.15) is 18.3 Å². The summed E-state index contributed by atoms with van der Waals surface area (Å²) in [6.45, 7) is 4.04. The average molecular weight is 251 g/mol. The molecule has 0 fully saturated rings. The molecule has 2 heterocycles. The fourth-order valence-electron chi connectivity index (χ4n) is 1.74. The monoisotopic (exact) mass is 251 g/mol. The van der Waals surface area contributed by atoms with Crippen LogP contribution in [-0.4, -0.2) is 19.6 Å². The standard InChI is InChI=1S/C11H17N5S/c1-5-8-10(12)11(16(4)14-8)17-9-6-7(2)13-15(9)3/h6H,5,12H2,1-4H3. The first kappa shape index (κ1) is 12.0. The SMILES string of the molecule is CCc1nn(C)c(Sc2cc(C)nn2C)c1N. The molecule has 0 radical (unpaired) electrons. The van der Waals surface area contributed by atoms with Gasteiger partial charge in [0.15, 0.2) is 0 Å². The van der Waals surface area contributed by atoms with Crippen LogP contribution in [0.4, 0.5) is 5.69 Å². The fourth-order valence-corrected chi connectivity index (χ4v) is 2.74. The molecule has 2 rings (SSSR count). The Hall–Kier alpha value is -1.43. The molecule has 2 N–H and O–H groups in total. The van der Waals surface area contributed by atoms with E-state index in [1.54, 1.807) is 11.8 Å². The molecular formula is C11H17N5S. The van der Waals surface area contributed by atoms with Crippen molar-refractivity contribution in [2.75, 3.05) is 5.73 Å². The number of aromatic nitrogens is 4. The molecule has 0 aromatic carbocycles. The smallest absolute Gasteiger partial charge is 0.123 e. The predicted molar refractivity (Wildman–Crippen MR) is 69.1 cm³/mol. The van der Waals surface area contributed by atoms with Crippen molar-refractivity contribution in [2.24, 2.45) is 14.1 Å². The van der Waals surface area contributed by atoms with E-state index >= 15 is 0 Å². The Kier molecular flexibility index (Phi) is 3.15. The van der Waals surface area contributed by atoms with E-state index in [2.05, 4.69) is 17.1 Å². The summed E-state index contributed by atoms with van der Waals surface area (Å²) in [6, 6.07) is 2.04. The van der Waals surface area contributed by atoms with Gasteiger partial charge in [0.05, 0.1) is 17.1 Å². The van der Waals surface area contributed by atoms with E-state index in [1.807, 2.05) is 36.4 Å². The Balaban J connectivity index is 2.36. The van der Waals surface area contributed by atoms with Gasteiger partial charge >= 0.3 is 0 Å². The molecule has 0 saturated heterocycles. The van der Waals surface area contributed by atoms with Gasteiger partial charge in [0.1, 0.15) is 10.1 Å². The van der Waals surface area contributed by atoms with Gasteiger partial charge < -0.3 is 5.73 Å². The van der Waals surface area contributed by atoms with E-state index in [9.17, 15) is 0 Å². The van der Waals surface area contributed by atoms with Gasteiger partial charge in [-0.05, 0) is 31.2 Å². The highest BCUT2D eigenvalue weighted by molar-refractivity contribution is 7.99. The number of anilines is 1. The highest BCUT2D eigenvalue weighted by Gasteiger charge is 2.15. The molecule has 5 nitrogen and oxygen atoms in total. The maximum Gasteiger partial charge on any atom is 0.123 e. The van der Waals surface area contributed by atoms with Crippen LogP contribution in [-0.2, 0) is 20.5 Å². The van der Waals surface area contributed by atoms with Crippen molar-refractivity contribution in [3.8, 4) is 0 Å². The van der Waals surface area contributed by atoms with Gasteiger partial charge in [-0.25, -0.2) is 0 Å². The third kappa shape index (κ3) is 2.17. The van der Waals surface area contributed by atoms with Gasteiger partial charge in [0.2, 0.25) is 0 Å². The normalized spacial score (nSPS) is 11.1. The van der Waals surface area contributed by atoms with Crippen molar-refractivity contribution < 1.29 is 0 Å². The Morgan fingerprint density at radius 3 is 2.47 bits per heavy atom. The Labute approximate surface area is 105 Å². The zero-order valence-electron chi connectivity index (χ0n) is 10.6. The summed E-state index contributed by atoms with van der Waals surface area (Å²) in [6.07, 6.45) is 0.852. The summed E-state index contributed by atoms with van der Waals surface area (Å²) in [7, 11) is 3.85. The number of nitrogen functional groups attached to an aromatic ring is 1. The minimum Gasteiger partial charge on any atom is -0.395 e. The van der Waals surface area contributed by atoms with E-state index in [0.29, 0.717) is 0 Å². The van der Waals surface area contributed by atoms with Crippen molar-refractivity contribution in [2.45, 2.75) is 30.3 Å². The molecular weight excluding hydrogens is 234 g/mol. The van der Waals surface area contributed by atoms with Crippen LogP contribution in [0.3, 0.4) is 0 Å². The molecule has 0 bridgehead atoms. The number of nitrogens with two attached hydrogens (primary N) is 1. The maximum absolute atomic E-state index is 6.09. The molecule has 2 aromatic heterocycles. The largest absolute Gasteiger partial charge is 0.395 e. The van der Waals surface area contributed by atoms with E-state index in [4.69, 9.17) is 5.73 Å². The third-order valence-electron chi connectivity index (χ3n) is 2.60. The highest BCUT2D eigenvalue weighted by atomic mass is 32.2. The van der Waals surface area contributed by atoms with E-state index < -0.39 is 0 Å². The molecule has 17 heavy (non-hydrogen) atoms. The molecule has 92 valence electrons. The topological polar surface area (TPSA) is 61.7 Å². The van der Waals surface area contributed by atoms with Crippen LogP contribution in [0, 0.1) is 6.92 Å². The summed E-state index contributed by atoms with van der Waals surface area (Å²) in [5.41, 5.74) is 8.82. The minimum absolute atomic E-state index is 0.777. The van der Waals surface area contributed by atoms with Crippen molar-refractivity contribution in [3.63, 3.8) is 0 Å². The average Bonchev–Trinajstić information content (AvgIpc) is 2.72. The van der Waals surface area contributed by atoms with Crippen LogP contribution in [0.15, 0.2) is 16.1 Å². The molecule has 0 atom stereocenters. The van der Waals surface area contributed by atoms with Crippen molar-refractivity contribution in [3.05, 3.63) is 17.5 Å². The van der Waals surface area contributed by atoms with Crippen LogP contribution in [0.2, 0.25) is 0 Å². The van der Waals surface area contributed by atoms with Crippen LogP contribution in [0.5, 0.6) is 0 Å². The first-order valence-corrected chi connectivity index (χ1v) is 6.34. The zero-order valence-corrected chi connectivity index (χ0v) is 11.4. The van der Waals surface area contributed by atoms with E-state index in [0.717, 1.165) is 33.5 Å². The number of hydrogen-bond acceptors (Lipinski definition) is 4. The molecule has 6 heteroatoms. The highest BCUT2D eigenvalue weighted by Crippen LogP contribution is 2.33. The lowest BCUT2D eigenvalue weighted by molar-refractivity contribution is 0.674. The van der Waals surface area contributed by atoms with Gasteiger partial charge in [-0.2, -0.15) is 10.2 Å². The van der Waals surface area contributed by atoms with Gasteiger partial charge in [-0.15, -0.1) is 0 Å². The number of nitrogens with zero attached hydrogens (tertiary/aromatic N) is 4. The van der Waals surface area contributed by atoms with Crippen molar-refractivity contribution >= 4 is 17.4 Å². The molecule has 0 spiro atoms. The lowest BCUT2D eigenvalue weighted by atomic mass is 10.3. The molecule has 2 aromatic rings. The number of rotatable bonds is 3. The van der Waals surface area contributed by atoms with Gasteiger partial charge in [-0.3, -0.25) is 9.36 Å². The second-order valence-corrected chi connectivity index (χ2v) is 5.00. The summed E-state index contributed by atoms with van der Waals surface area (Å²) in [5, 5.41) is 10.8. The molecule has 0 unspecified atom stereocenters. The second kappa shape index (κ2) is 4.44. The van der Waals surface area contributed by atoms with Gasteiger partial charge in [0.25, 0.3) is 0 Å². The van der Waals surface area contributed by atoms with Crippen molar-refractivity contribution in [1.82, 2.24) is 19.6 Å². The fraction of sp³-hybridized carbons (Fsp3) is 0.455. The summed E-state index contributed by atoms with van der Waals surface area (Å²) >= 11 is 1.60. The lowest BCUT2D eigenvalue weighted by Gasteiger charge is -2.03.